The summed E-state index contributed by atoms with van der Waals surface area (Å²) in [5, 5.41) is 0. The number of ether oxygens (including phenoxy) is 2. The number of methoxy groups -OCH3 is 2. The third-order valence-corrected chi connectivity index (χ3v) is 4.19. The van der Waals surface area contributed by atoms with E-state index in [1.54, 1.807) is 14.2 Å². The molecule has 4 nitrogen and oxygen atoms in total. The fraction of sp³-hybridized carbons (Fsp3) is 0.625. The molecule has 112 valence electrons. The van der Waals surface area contributed by atoms with Crippen LogP contribution < -0.4 is 15.2 Å². The van der Waals surface area contributed by atoms with E-state index in [0.717, 1.165) is 44.0 Å². The molecule has 1 aliphatic rings. The van der Waals surface area contributed by atoms with Crippen molar-refractivity contribution in [1.82, 2.24) is 4.90 Å². The number of rotatable bonds is 5. The van der Waals surface area contributed by atoms with Crippen molar-refractivity contribution in [2.45, 2.75) is 38.8 Å². The monoisotopic (exact) mass is 278 g/mol. The summed E-state index contributed by atoms with van der Waals surface area (Å²) in [5.74, 6) is 1.62. The molecule has 0 fully saturated rings. The number of benzene rings is 1. The Labute approximate surface area is 121 Å². The summed E-state index contributed by atoms with van der Waals surface area (Å²) in [6, 6.07) is 4.20. The van der Waals surface area contributed by atoms with Crippen LogP contribution in [0.3, 0.4) is 0 Å². The molecule has 1 heterocycles. The zero-order valence-corrected chi connectivity index (χ0v) is 13.0. The second-order valence-electron chi connectivity index (χ2n) is 5.94. The Hall–Kier alpha value is -1.26. The molecule has 0 radical (unpaired) electrons. The highest BCUT2D eigenvalue weighted by Crippen LogP contribution is 2.33. The lowest BCUT2D eigenvalue weighted by molar-refractivity contribution is 0.197. The standard InChI is InChI=1S/C16H26N2O2/c1-5-16(2,17)11-18-7-6-12-8-14(19-3)15(20-4)9-13(12)10-18/h8-9H,5-7,10-11,17H2,1-4H3. The van der Waals surface area contributed by atoms with Crippen LogP contribution >= 0.6 is 0 Å². The van der Waals surface area contributed by atoms with Crippen LogP contribution in [-0.4, -0.2) is 37.7 Å². The molecule has 0 saturated heterocycles. The van der Waals surface area contributed by atoms with Gasteiger partial charge in [0, 0.05) is 25.2 Å². The third kappa shape index (κ3) is 3.25. The molecule has 1 aliphatic heterocycles. The number of hydrogen-bond acceptors (Lipinski definition) is 4. The molecule has 20 heavy (non-hydrogen) atoms. The molecule has 2 N–H and O–H groups in total. The lowest BCUT2D eigenvalue weighted by Gasteiger charge is -2.35. The van der Waals surface area contributed by atoms with Crippen LogP contribution in [0.4, 0.5) is 0 Å². The van der Waals surface area contributed by atoms with Gasteiger partial charge in [-0.2, -0.15) is 0 Å². The van der Waals surface area contributed by atoms with Gasteiger partial charge in [0.25, 0.3) is 0 Å². The lowest BCUT2D eigenvalue weighted by atomic mass is 9.95. The predicted octanol–water partition coefficient (Wildman–Crippen LogP) is 2.19. The van der Waals surface area contributed by atoms with E-state index in [1.165, 1.54) is 11.1 Å². The second kappa shape index (κ2) is 6.02. The first kappa shape index (κ1) is 15.1. The SMILES string of the molecule is CCC(C)(N)CN1CCc2cc(OC)c(OC)cc2C1. The maximum absolute atomic E-state index is 6.28. The summed E-state index contributed by atoms with van der Waals surface area (Å²) in [5.41, 5.74) is 8.84. The summed E-state index contributed by atoms with van der Waals surface area (Å²) in [4.78, 5) is 2.43. The van der Waals surface area contributed by atoms with Crippen molar-refractivity contribution < 1.29 is 9.47 Å². The van der Waals surface area contributed by atoms with E-state index >= 15 is 0 Å². The van der Waals surface area contributed by atoms with Gasteiger partial charge in [-0.05, 0) is 43.0 Å². The van der Waals surface area contributed by atoms with E-state index in [1.807, 2.05) is 0 Å². The normalized spacial score (nSPS) is 18.2. The predicted molar refractivity (Wildman–Crippen MR) is 81.4 cm³/mol. The van der Waals surface area contributed by atoms with Gasteiger partial charge in [0.2, 0.25) is 0 Å². The fourth-order valence-electron chi connectivity index (χ4n) is 2.70. The quantitative estimate of drug-likeness (QED) is 0.897. The zero-order valence-electron chi connectivity index (χ0n) is 13.0. The van der Waals surface area contributed by atoms with Crippen LogP contribution in [-0.2, 0) is 13.0 Å². The molecule has 0 aromatic heterocycles. The lowest BCUT2D eigenvalue weighted by Crippen LogP contribution is -2.48. The summed E-state index contributed by atoms with van der Waals surface area (Å²) in [6.07, 6.45) is 2.03. The van der Waals surface area contributed by atoms with Gasteiger partial charge >= 0.3 is 0 Å². The molecule has 0 amide bonds. The maximum atomic E-state index is 6.28. The topological polar surface area (TPSA) is 47.7 Å². The summed E-state index contributed by atoms with van der Waals surface area (Å²) < 4.78 is 10.8. The van der Waals surface area contributed by atoms with E-state index in [0.29, 0.717) is 0 Å². The van der Waals surface area contributed by atoms with Crippen molar-refractivity contribution in [3.05, 3.63) is 23.3 Å². The minimum absolute atomic E-state index is 0.117. The molecule has 1 aromatic carbocycles. The zero-order chi connectivity index (χ0) is 14.8. The summed E-state index contributed by atoms with van der Waals surface area (Å²) >= 11 is 0. The maximum Gasteiger partial charge on any atom is 0.161 e. The molecular formula is C16H26N2O2. The molecule has 1 atom stereocenters. The molecule has 0 spiro atoms. The molecule has 1 aromatic rings. The van der Waals surface area contributed by atoms with Crippen molar-refractivity contribution in [3.8, 4) is 11.5 Å². The van der Waals surface area contributed by atoms with E-state index < -0.39 is 0 Å². The van der Waals surface area contributed by atoms with Crippen LogP contribution in [0.15, 0.2) is 12.1 Å². The molecule has 0 bridgehead atoms. The van der Waals surface area contributed by atoms with Gasteiger partial charge in [0.05, 0.1) is 14.2 Å². The van der Waals surface area contributed by atoms with Gasteiger partial charge in [-0.1, -0.05) is 6.92 Å². The molecule has 0 saturated carbocycles. The van der Waals surface area contributed by atoms with Gasteiger partial charge in [0.15, 0.2) is 11.5 Å². The first-order chi connectivity index (χ1) is 9.49. The average Bonchev–Trinajstić information content (AvgIpc) is 2.45. The largest absolute Gasteiger partial charge is 0.493 e. The smallest absolute Gasteiger partial charge is 0.161 e. The Balaban J connectivity index is 2.17. The number of hydrogen-bond donors (Lipinski definition) is 1. The van der Waals surface area contributed by atoms with Crippen LogP contribution in [0.2, 0.25) is 0 Å². The van der Waals surface area contributed by atoms with Gasteiger partial charge in [0.1, 0.15) is 0 Å². The Morgan fingerprint density at radius 3 is 2.35 bits per heavy atom. The van der Waals surface area contributed by atoms with Crippen molar-refractivity contribution in [2.24, 2.45) is 5.73 Å². The van der Waals surface area contributed by atoms with Gasteiger partial charge in [-0.25, -0.2) is 0 Å². The average molecular weight is 278 g/mol. The van der Waals surface area contributed by atoms with E-state index in [9.17, 15) is 0 Å². The van der Waals surface area contributed by atoms with Crippen LogP contribution in [0.5, 0.6) is 11.5 Å². The van der Waals surface area contributed by atoms with E-state index in [-0.39, 0.29) is 5.54 Å². The molecule has 0 aliphatic carbocycles. The van der Waals surface area contributed by atoms with E-state index in [2.05, 4.69) is 30.9 Å². The first-order valence-electron chi connectivity index (χ1n) is 7.24. The van der Waals surface area contributed by atoms with Crippen LogP contribution in [0.1, 0.15) is 31.4 Å². The second-order valence-corrected chi connectivity index (χ2v) is 5.94. The number of nitrogens with zero attached hydrogens (tertiary/aromatic N) is 1. The highest BCUT2D eigenvalue weighted by atomic mass is 16.5. The Bertz CT molecular complexity index is 472. The summed E-state index contributed by atoms with van der Waals surface area (Å²) in [6.45, 7) is 7.18. The highest BCUT2D eigenvalue weighted by molar-refractivity contribution is 5.48. The van der Waals surface area contributed by atoms with Gasteiger partial charge < -0.3 is 15.2 Å². The van der Waals surface area contributed by atoms with E-state index in [4.69, 9.17) is 15.2 Å². The Morgan fingerprint density at radius 2 is 1.80 bits per heavy atom. The number of nitrogens with two attached hydrogens (primary N) is 1. The van der Waals surface area contributed by atoms with Crippen molar-refractivity contribution in [1.29, 1.82) is 0 Å². The number of fused-ring (bicyclic) bond motifs is 1. The van der Waals surface area contributed by atoms with Crippen LogP contribution in [0, 0.1) is 0 Å². The van der Waals surface area contributed by atoms with Crippen molar-refractivity contribution in [2.75, 3.05) is 27.3 Å². The minimum Gasteiger partial charge on any atom is -0.493 e. The first-order valence-corrected chi connectivity index (χ1v) is 7.24. The minimum atomic E-state index is -0.117. The summed E-state index contributed by atoms with van der Waals surface area (Å²) in [7, 11) is 3.36. The molecule has 2 rings (SSSR count). The van der Waals surface area contributed by atoms with Crippen molar-refractivity contribution >= 4 is 0 Å². The molecule has 1 unspecified atom stereocenters. The van der Waals surface area contributed by atoms with Gasteiger partial charge in [-0.15, -0.1) is 0 Å². The van der Waals surface area contributed by atoms with Crippen molar-refractivity contribution in [3.63, 3.8) is 0 Å². The van der Waals surface area contributed by atoms with Gasteiger partial charge in [-0.3, -0.25) is 4.90 Å². The van der Waals surface area contributed by atoms with Crippen LogP contribution in [0.25, 0.3) is 0 Å². The fourth-order valence-corrected chi connectivity index (χ4v) is 2.70. The molecule has 4 heteroatoms. The Kier molecular flexibility index (Phi) is 4.55. The Morgan fingerprint density at radius 1 is 1.20 bits per heavy atom. The highest BCUT2D eigenvalue weighted by Gasteiger charge is 2.24. The third-order valence-electron chi connectivity index (χ3n) is 4.19. The molecular weight excluding hydrogens is 252 g/mol.